The van der Waals surface area contributed by atoms with Crippen LogP contribution in [0.4, 0.5) is 5.13 Å². The fourth-order valence-corrected chi connectivity index (χ4v) is 4.68. The van der Waals surface area contributed by atoms with Crippen LogP contribution in [0.3, 0.4) is 0 Å². The van der Waals surface area contributed by atoms with Crippen LogP contribution in [0.25, 0.3) is 6.08 Å². The summed E-state index contributed by atoms with van der Waals surface area (Å²) in [7, 11) is 0. The summed E-state index contributed by atoms with van der Waals surface area (Å²) in [5, 5.41) is 3.56. The molecule has 5 nitrogen and oxygen atoms in total. The number of piperidine rings is 1. The molecule has 0 spiro atoms. The van der Waals surface area contributed by atoms with Crippen LogP contribution in [0.15, 0.2) is 30.1 Å². The van der Waals surface area contributed by atoms with Crippen LogP contribution in [-0.4, -0.2) is 33.9 Å². The monoisotopic (exact) mass is 368 g/mol. The van der Waals surface area contributed by atoms with E-state index in [0.717, 1.165) is 31.7 Å². The Morgan fingerprint density at radius 2 is 2.35 bits per heavy atom. The van der Waals surface area contributed by atoms with Crippen LogP contribution in [0.1, 0.15) is 42.3 Å². The smallest absolute Gasteiger partial charge is 0.225 e. The largest absolute Gasteiger partial charge is 0.302 e. The van der Waals surface area contributed by atoms with Gasteiger partial charge in [-0.05, 0) is 49.4 Å². The second kappa shape index (κ2) is 7.68. The lowest BCUT2D eigenvalue weighted by Gasteiger charge is -2.33. The van der Waals surface area contributed by atoms with Crippen LogP contribution < -0.4 is 5.32 Å². The third kappa shape index (κ3) is 3.86. The molecular weight excluding hydrogens is 344 g/mol. The molecule has 0 radical (unpaired) electrons. The highest BCUT2D eigenvalue weighted by Crippen LogP contribution is 2.33. The van der Waals surface area contributed by atoms with Crippen molar-refractivity contribution < 1.29 is 4.79 Å². The van der Waals surface area contributed by atoms with Gasteiger partial charge in [0.15, 0.2) is 5.13 Å². The molecule has 2 aliphatic rings. The average Bonchev–Trinajstić information content (AvgIpc) is 3.28. The first-order valence-electron chi connectivity index (χ1n) is 9.32. The molecule has 0 bridgehead atoms. The molecule has 1 fully saturated rings. The van der Waals surface area contributed by atoms with E-state index in [2.05, 4.69) is 32.3 Å². The van der Waals surface area contributed by atoms with E-state index in [1.54, 1.807) is 11.3 Å². The molecule has 4 rings (SSSR count). The normalized spacial score (nSPS) is 19.9. The first-order valence-corrected chi connectivity index (χ1v) is 10.1. The lowest BCUT2D eigenvalue weighted by atomic mass is 9.89. The number of thiazole rings is 1. The maximum atomic E-state index is 11.5. The number of hydrogen-bond donors (Lipinski definition) is 1. The van der Waals surface area contributed by atoms with Gasteiger partial charge in [-0.1, -0.05) is 18.6 Å². The molecule has 3 heterocycles. The molecule has 0 aromatic carbocycles. The number of carbonyl (C=O) groups excluding carboxylic acids is 1. The first kappa shape index (κ1) is 17.4. The Kier molecular flexibility index (Phi) is 5.13. The maximum absolute atomic E-state index is 11.5. The second-order valence-electron chi connectivity index (χ2n) is 7.05. The van der Waals surface area contributed by atoms with E-state index in [9.17, 15) is 4.79 Å². The summed E-state index contributed by atoms with van der Waals surface area (Å²) < 4.78 is 0. The Morgan fingerprint density at radius 1 is 1.42 bits per heavy atom. The Balaban J connectivity index is 1.37. The van der Waals surface area contributed by atoms with E-state index in [0.29, 0.717) is 17.5 Å². The number of nitrogens with one attached hydrogen (secondary N) is 1. The number of nitrogens with zero attached hydrogens (tertiary/aromatic N) is 3. The minimum absolute atomic E-state index is 0.0188. The summed E-state index contributed by atoms with van der Waals surface area (Å²) in [5.74, 6) is 0.635. The summed E-state index contributed by atoms with van der Waals surface area (Å²) in [6.07, 6.45) is 10.1. The van der Waals surface area contributed by atoms with Gasteiger partial charge >= 0.3 is 0 Å². The number of hydrogen-bond acceptors (Lipinski definition) is 5. The van der Waals surface area contributed by atoms with Crippen LogP contribution in [-0.2, 0) is 17.8 Å². The van der Waals surface area contributed by atoms with Gasteiger partial charge in [-0.25, -0.2) is 4.98 Å². The zero-order chi connectivity index (χ0) is 17.9. The van der Waals surface area contributed by atoms with Gasteiger partial charge in [0.1, 0.15) is 0 Å². The molecule has 1 atom stereocenters. The Labute approximate surface area is 158 Å². The van der Waals surface area contributed by atoms with E-state index in [1.807, 2.05) is 25.4 Å². The van der Waals surface area contributed by atoms with Gasteiger partial charge in [0, 0.05) is 36.8 Å². The number of rotatable bonds is 5. The predicted octanol–water partition coefficient (Wildman–Crippen LogP) is 3.74. The van der Waals surface area contributed by atoms with E-state index in [-0.39, 0.29) is 5.91 Å². The SMILES string of the molecule is CCC(=O)Nc1ncc(CN2CCCC(C3=Cc4ncccc4C3)C2)s1. The van der Waals surface area contributed by atoms with Gasteiger partial charge in [-0.2, -0.15) is 0 Å². The summed E-state index contributed by atoms with van der Waals surface area (Å²) >= 11 is 1.58. The molecule has 136 valence electrons. The molecule has 1 N–H and O–H groups in total. The number of fused-ring (bicyclic) bond motifs is 1. The van der Waals surface area contributed by atoms with Crippen LogP contribution in [0, 0.1) is 5.92 Å². The number of carbonyl (C=O) groups is 1. The van der Waals surface area contributed by atoms with E-state index in [1.165, 1.54) is 28.9 Å². The molecule has 1 amide bonds. The van der Waals surface area contributed by atoms with Crippen molar-refractivity contribution in [3.8, 4) is 0 Å². The van der Waals surface area contributed by atoms with Gasteiger partial charge in [0.25, 0.3) is 0 Å². The lowest BCUT2D eigenvalue weighted by molar-refractivity contribution is -0.115. The molecule has 6 heteroatoms. The molecule has 1 unspecified atom stereocenters. The fraction of sp³-hybridized carbons (Fsp3) is 0.450. The van der Waals surface area contributed by atoms with Gasteiger partial charge in [0.2, 0.25) is 5.91 Å². The minimum atomic E-state index is 0.0188. The van der Waals surface area contributed by atoms with Gasteiger partial charge in [0.05, 0.1) is 5.69 Å². The maximum Gasteiger partial charge on any atom is 0.225 e. The Hall–Kier alpha value is -2.05. The Bertz CT molecular complexity index is 829. The number of amides is 1. The Morgan fingerprint density at radius 3 is 3.19 bits per heavy atom. The topological polar surface area (TPSA) is 58.1 Å². The van der Waals surface area contributed by atoms with Crippen molar-refractivity contribution >= 4 is 28.5 Å². The number of pyridine rings is 1. The fourth-order valence-electron chi connectivity index (χ4n) is 3.81. The zero-order valence-corrected chi connectivity index (χ0v) is 15.9. The number of likely N-dealkylation sites (tertiary alicyclic amines) is 1. The minimum Gasteiger partial charge on any atom is -0.302 e. The summed E-state index contributed by atoms with van der Waals surface area (Å²) in [6, 6.07) is 4.22. The van der Waals surface area contributed by atoms with Crippen molar-refractivity contribution in [1.82, 2.24) is 14.9 Å². The molecular formula is C20H24N4OS. The van der Waals surface area contributed by atoms with Crippen molar-refractivity contribution in [3.05, 3.63) is 46.2 Å². The van der Waals surface area contributed by atoms with Gasteiger partial charge in [-0.3, -0.25) is 14.7 Å². The van der Waals surface area contributed by atoms with Crippen LogP contribution in [0.5, 0.6) is 0 Å². The molecule has 1 aliphatic heterocycles. The van der Waals surface area contributed by atoms with Gasteiger partial charge in [-0.15, -0.1) is 11.3 Å². The second-order valence-corrected chi connectivity index (χ2v) is 8.17. The van der Waals surface area contributed by atoms with Crippen molar-refractivity contribution in [2.24, 2.45) is 5.92 Å². The zero-order valence-electron chi connectivity index (χ0n) is 15.1. The standard InChI is InChI=1S/C20H24N4OS/c1-2-19(25)23-20-22-11-17(26-20)13-24-8-4-6-15(12-24)16-9-14-5-3-7-21-18(14)10-16/h3,5,7,10-11,15H,2,4,6,8-9,12-13H2,1H3,(H,22,23,25). The summed E-state index contributed by atoms with van der Waals surface area (Å²) in [6.45, 7) is 4.98. The highest BCUT2D eigenvalue weighted by molar-refractivity contribution is 7.15. The summed E-state index contributed by atoms with van der Waals surface area (Å²) in [5.41, 5.74) is 4.04. The average molecular weight is 369 g/mol. The van der Waals surface area contributed by atoms with E-state index >= 15 is 0 Å². The van der Waals surface area contributed by atoms with Crippen molar-refractivity contribution in [1.29, 1.82) is 0 Å². The van der Waals surface area contributed by atoms with Crippen molar-refractivity contribution in [3.63, 3.8) is 0 Å². The van der Waals surface area contributed by atoms with Gasteiger partial charge < -0.3 is 5.32 Å². The van der Waals surface area contributed by atoms with Crippen molar-refractivity contribution in [2.75, 3.05) is 18.4 Å². The highest BCUT2D eigenvalue weighted by atomic mass is 32.1. The van der Waals surface area contributed by atoms with E-state index < -0.39 is 0 Å². The molecule has 1 saturated heterocycles. The molecule has 2 aromatic heterocycles. The molecule has 0 saturated carbocycles. The predicted molar refractivity (Wildman–Crippen MR) is 105 cm³/mol. The highest BCUT2D eigenvalue weighted by Gasteiger charge is 2.26. The lowest BCUT2D eigenvalue weighted by Crippen LogP contribution is -2.35. The molecule has 26 heavy (non-hydrogen) atoms. The van der Waals surface area contributed by atoms with E-state index in [4.69, 9.17) is 0 Å². The third-order valence-corrected chi connectivity index (χ3v) is 6.07. The molecule has 2 aromatic rings. The number of aromatic nitrogens is 2. The molecule has 1 aliphatic carbocycles. The summed E-state index contributed by atoms with van der Waals surface area (Å²) in [4.78, 5) is 24.1. The quantitative estimate of drug-likeness (QED) is 0.873. The third-order valence-electron chi connectivity index (χ3n) is 5.17. The van der Waals surface area contributed by atoms with Crippen LogP contribution in [0.2, 0.25) is 0 Å². The van der Waals surface area contributed by atoms with Crippen LogP contribution >= 0.6 is 11.3 Å². The van der Waals surface area contributed by atoms with Crippen molar-refractivity contribution in [2.45, 2.75) is 39.2 Å². The first-order chi connectivity index (χ1) is 12.7. The number of anilines is 1.